The van der Waals surface area contributed by atoms with E-state index in [1.54, 1.807) is 25.2 Å². The van der Waals surface area contributed by atoms with Crippen molar-refractivity contribution >= 4 is 34.8 Å². The Balaban J connectivity index is 2.52. The Labute approximate surface area is 130 Å². The van der Waals surface area contributed by atoms with Crippen molar-refractivity contribution in [3.8, 4) is 0 Å². The molecule has 1 nitrogen and oxygen atoms in total. The second kappa shape index (κ2) is 6.27. The molecule has 0 aromatic heterocycles. The van der Waals surface area contributed by atoms with Gasteiger partial charge in [0, 0.05) is 5.02 Å². The van der Waals surface area contributed by atoms with Crippen molar-refractivity contribution in [1.29, 1.82) is 0 Å². The first-order chi connectivity index (χ1) is 9.43. The molecule has 0 saturated carbocycles. The molecule has 1 atom stereocenters. The zero-order valence-corrected chi connectivity index (χ0v) is 12.6. The summed E-state index contributed by atoms with van der Waals surface area (Å²) in [5.41, 5.74) is 1.17. The third-order valence-electron chi connectivity index (χ3n) is 2.92. The molecule has 0 aliphatic carbocycles. The van der Waals surface area contributed by atoms with E-state index in [1.807, 2.05) is 0 Å². The summed E-state index contributed by atoms with van der Waals surface area (Å²) < 4.78 is 26.5. The molecular formula is C14H10Cl3F2N. The summed E-state index contributed by atoms with van der Waals surface area (Å²) in [7, 11) is 1.69. The maximum atomic E-state index is 13.4. The number of halogens is 5. The summed E-state index contributed by atoms with van der Waals surface area (Å²) in [5, 5.41) is 3.92. The zero-order valence-electron chi connectivity index (χ0n) is 10.4. The Morgan fingerprint density at radius 3 is 2.15 bits per heavy atom. The molecular weight excluding hydrogens is 327 g/mol. The molecule has 6 heteroatoms. The molecule has 2 rings (SSSR count). The van der Waals surface area contributed by atoms with Crippen molar-refractivity contribution in [3.05, 3.63) is 68.2 Å². The summed E-state index contributed by atoms with van der Waals surface area (Å²) in [6.45, 7) is 0. The molecule has 0 fully saturated rings. The maximum Gasteiger partial charge on any atom is 0.160 e. The molecule has 1 unspecified atom stereocenters. The van der Waals surface area contributed by atoms with Crippen LogP contribution in [0.1, 0.15) is 17.2 Å². The van der Waals surface area contributed by atoms with E-state index in [1.165, 1.54) is 0 Å². The molecule has 0 bridgehead atoms. The Hall–Kier alpha value is -0.870. The van der Waals surface area contributed by atoms with Gasteiger partial charge in [-0.3, -0.25) is 0 Å². The first-order valence-electron chi connectivity index (χ1n) is 5.70. The molecule has 0 amide bonds. The van der Waals surface area contributed by atoms with E-state index >= 15 is 0 Å². The third kappa shape index (κ3) is 3.07. The Kier molecular flexibility index (Phi) is 4.86. The summed E-state index contributed by atoms with van der Waals surface area (Å²) in [6, 6.07) is 6.63. The van der Waals surface area contributed by atoms with Crippen LogP contribution in [0, 0.1) is 11.6 Å². The predicted molar refractivity (Wildman–Crippen MR) is 78.7 cm³/mol. The zero-order chi connectivity index (χ0) is 14.9. The highest BCUT2D eigenvalue weighted by atomic mass is 35.5. The molecule has 0 saturated heterocycles. The standard InChI is InChI=1S/C14H10Cl3F2N/c1-20-14(7-2-3-9(15)11(17)4-7)8-5-12(18)13(19)6-10(8)16/h2-6,14,20H,1H3. The molecule has 1 N–H and O–H groups in total. The van der Waals surface area contributed by atoms with Crippen LogP contribution < -0.4 is 5.32 Å². The van der Waals surface area contributed by atoms with E-state index in [-0.39, 0.29) is 5.02 Å². The van der Waals surface area contributed by atoms with Gasteiger partial charge in [0.25, 0.3) is 0 Å². The minimum Gasteiger partial charge on any atom is -0.309 e. The van der Waals surface area contributed by atoms with Crippen molar-refractivity contribution in [3.63, 3.8) is 0 Å². The van der Waals surface area contributed by atoms with Crippen molar-refractivity contribution < 1.29 is 8.78 Å². The van der Waals surface area contributed by atoms with E-state index in [4.69, 9.17) is 34.8 Å². The topological polar surface area (TPSA) is 12.0 Å². The SMILES string of the molecule is CNC(c1ccc(Cl)c(Cl)c1)c1cc(F)c(F)cc1Cl. The fourth-order valence-electron chi connectivity index (χ4n) is 1.95. The number of hydrogen-bond acceptors (Lipinski definition) is 1. The Morgan fingerprint density at radius 1 is 0.900 bits per heavy atom. The second-order valence-electron chi connectivity index (χ2n) is 4.18. The van der Waals surface area contributed by atoms with Gasteiger partial charge in [-0.15, -0.1) is 0 Å². The quantitative estimate of drug-likeness (QED) is 0.756. The highest BCUT2D eigenvalue weighted by molar-refractivity contribution is 6.42. The normalized spacial score (nSPS) is 12.5. The van der Waals surface area contributed by atoms with Crippen molar-refractivity contribution in [2.45, 2.75) is 6.04 Å². The lowest BCUT2D eigenvalue weighted by Gasteiger charge is -2.19. The summed E-state index contributed by atoms with van der Waals surface area (Å²) in [5.74, 6) is -1.94. The van der Waals surface area contributed by atoms with Crippen LogP contribution in [-0.2, 0) is 0 Å². The summed E-state index contributed by atoms with van der Waals surface area (Å²) in [6.07, 6.45) is 0. The van der Waals surface area contributed by atoms with E-state index in [0.717, 1.165) is 17.7 Å². The summed E-state index contributed by atoms with van der Waals surface area (Å²) >= 11 is 17.8. The lowest BCUT2D eigenvalue weighted by Crippen LogP contribution is -2.18. The Bertz CT molecular complexity index is 647. The fourth-order valence-corrected chi connectivity index (χ4v) is 2.52. The molecule has 0 spiro atoms. The van der Waals surface area contributed by atoms with Gasteiger partial charge in [0.15, 0.2) is 11.6 Å². The van der Waals surface area contributed by atoms with Crippen LogP contribution in [0.15, 0.2) is 30.3 Å². The molecule has 20 heavy (non-hydrogen) atoms. The van der Waals surface area contributed by atoms with Gasteiger partial charge in [-0.25, -0.2) is 8.78 Å². The minimum absolute atomic E-state index is 0.134. The molecule has 2 aromatic carbocycles. The van der Waals surface area contributed by atoms with Gasteiger partial charge in [-0.1, -0.05) is 40.9 Å². The first-order valence-corrected chi connectivity index (χ1v) is 6.84. The summed E-state index contributed by atoms with van der Waals surface area (Å²) in [4.78, 5) is 0. The molecule has 0 aliphatic heterocycles. The van der Waals surface area contributed by atoms with Crippen molar-refractivity contribution in [2.75, 3.05) is 7.05 Å². The van der Waals surface area contributed by atoms with Crippen LogP contribution in [0.2, 0.25) is 15.1 Å². The Morgan fingerprint density at radius 2 is 1.55 bits per heavy atom. The highest BCUT2D eigenvalue weighted by Gasteiger charge is 2.19. The number of rotatable bonds is 3. The lowest BCUT2D eigenvalue weighted by molar-refractivity contribution is 0.505. The van der Waals surface area contributed by atoms with E-state index in [0.29, 0.717) is 15.6 Å². The monoisotopic (exact) mass is 335 g/mol. The molecule has 0 radical (unpaired) electrons. The third-order valence-corrected chi connectivity index (χ3v) is 3.98. The van der Waals surface area contributed by atoms with Crippen LogP contribution in [0.3, 0.4) is 0 Å². The average molecular weight is 337 g/mol. The lowest BCUT2D eigenvalue weighted by atomic mass is 9.98. The second-order valence-corrected chi connectivity index (χ2v) is 5.40. The van der Waals surface area contributed by atoms with Crippen LogP contribution in [-0.4, -0.2) is 7.05 Å². The number of benzene rings is 2. The van der Waals surface area contributed by atoms with Gasteiger partial charge in [-0.2, -0.15) is 0 Å². The first kappa shape index (κ1) is 15.5. The molecule has 0 aliphatic rings. The average Bonchev–Trinajstić information content (AvgIpc) is 2.40. The largest absolute Gasteiger partial charge is 0.309 e. The van der Waals surface area contributed by atoms with Gasteiger partial charge in [-0.05, 0) is 42.4 Å². The van der Waals surface area contributed by atoms with E-state index in [2.05, 4.69) is 5.32 Å². The van der Waals surface area contributed by atoms with E-state index in [9.17, 15) is 8.78 Å². The van der Waals surface area contributed by atoms with E-state index < -0.39 is 17.7 Å². The van der Waals surface area contributed by atoms with Crippen LogP contribution in [0.4, 0.5) is 8.78 Å². The van der Waals surface area contributed by atoms with Crippen LogP contribution >= 0.6 is 34.8 Å². The van der Waals surface area contributed by atoms with Crippen molar-refractivity contribution in [2.24, 2.45) is 0 Å². The fraction of sp³-hybridized carbons (Fsp3) is 0.143. The predicted octanol–water partition coefficient (Wildman–Crippen LogP) is 5.23. The van der Waals surface area contributed by atoms with Crippen LogP contribution in [0.25, 0.3) is 0 Å². The highest BCUT2D eigenvalue weighted by Crippen LogP contribution is 2.32. The number of nitrogens with one attached hydrogen (secondary N) is 1. The minimum atomic E-state index is -0.984. The number of hydrogen-bond donors (Lipinski definition) is 1. The van der Waals surface area contributed by atoms with Gasteiger partial charge in [0.2, 0.25) is 0 Å². The van der Waals surface area contributed by atoms with Crippen LogP contribution in [0.5, 0.6) is 0 Å². The smallest absolute Gasteiger partial charge is 0.160 e. The van der Waals surface area contributed by atoms with Gasteiger partial charge in [0.1, 0.15) is 0 Å². The van der Waals surface area contributed by atoms with Gasteiger partial charge in [0.05, 0.1) is 16.1 Å². The molecule has 0 heterocycles. The van der Waals surface area contributed by atoms with Crippen molar-refractivity contribution in [1.82, 2.24) is 5.32 Å². The molecule has 106 valence electrons. The van der Waals surface area contributed by atoms with Gasteiger partial charge < -0.3 is 5.32 Å². The molecule has 2 aromatic rings. The van der Waals surface area contributed by atoms with Gasteiger partial charge >= 0.3 is 0 Å². The maximum absolute atomic E-state index is 13.4.